The Morgan fingerprint density at radius 1 is 1.47 bits per heavy atom. The first-order valence-electron chi connectivity index (χ1n) is 4.79. The lowest BCUT2D eigenvalue weighted by Gasteiger charge is -2.04. The van der Waals surface area contributed by atoms with E-state index in [9.17, 15) is 9.59 Å². The van der Waals surface area contributed by atoms with Crippen LogP contribution in [0.5, 0.6) is 0 Å². The van der Waals surface area contributed by atoms with Gasteiger partial charge in [0.15, 0.2) is 0 Å². The lowest BCUT2D eigenvalue weighted by Crippen LogP contribution is -2.28. The highest BCUT2D eigenvalue weighted by Crippen LogP contribution is 2.06. The van der Waals surface area contributed by atoms with Gasteiger partial charge in [-0.2, -0.15) is 0 Å². The van der Waals surface area contributed by atoms with E-state index in [0.717, 1.165) is 4.47 Å². The second-order valence-electron chi connectivity index (χ2n) is 3.06. The van der Waals surface area contributed by atoms with Crippen molar-refractivity contribution in [2.24, 2.45) is 0 Å². The van der Waals surface area contributed by atoms with E-state index < -0.39 is 5.97 Å². The van der Waals surface area contributed by atoms with Crippen molar-refractivity contribution < 1.29 is 19.4 Å². The molecular weight excluding hydrogens is 292 g/mol. The van der Waals surface area contributed by atoms with Crippen molar-refractivity contribution in [3.8, 4) is 0 Å². The molecule has 0 radical (unpaired) electrons. The van der Waals surface area contributed by atoms with Crippen molar-refractivity contribution in [2.75, 3.05) is 19.8 Å². The number of aromatic nitrogens is 1. The van der Waals surface area contributed by atoms with E-state index in [2.05, 4.69) is 26.2 Å². The molecule has 0 aliphatic heterocycles. The van der Waals surface area contributed by atoms with Gasteiger partial charge in [0.25, 0.3) is 5.91 Å². The number of rotatable bonds is 6. The third kappa shape index (κ3) is 5.41. The van der Waals surface area contributed by atoms with Crippen molar-refractivity contribution in [3.63, 3.8) is 0 Å². The zero-order chi connectivity index (χ0) is 12.7. The van der Waals surface area contributed by atoms with Crippen LogP contribution in [-0.4, -0.2) is 41.7 Å². The second-order valence-corrected chi connectivity index (χ2v) is 3.98. The highest BCUT2D eigenvalue weighted by atomic mass is 79.9. The first kappa shape index (κ1) is 13.6. The molecular formula is C10H11BrN2O4. The number of pyridine rings is 1. The molecule has 0 saturated heterocycles. The van der Waals surface area contributed by atoms with E-state index in [0.29, 0.717) is 5.69 Å². The molecule has 0 unspecified atom stereocenters. The van der Waals surface area contributed by atoms with Crippen molar-refractivity contribution in [1.82, 2.24) is 10.3 Å². The number of hydrogen-bond acceptors (Lipinski definition) is 4. The van der Waals surface area contributed by atoms with E-state index in [1.54, 1.807) is 12.1 Å². The molecule has 2 N–H and O–H groups in total. The van der Waals surface area contributed by atoms with Gasteiger partial charge in [-0.05, 0) is 28.1 Å². The predicted octanol–water partition coefficient (Wildman–Crippen LogP) is 0.675. The SMILES string of the molecule is O=C(O)COCCNC(=O)c1ccc(Br)cn1. The Labute approximate surface area is 106 Å². The quantitative estimate of drug-likeness (QED) is 0.754. The standard InChI is InChI=1S/C10H11BrN2O4/c11-7-1-2-8(13-5-7)10(16)12-3-4-17-6-9(14)15/h1-2,5H,3-4,6H2,(H,12,16)(H,14,15). The summed E-state index contributed by atoms with van der Waals surface area (Å²) in [6.45, 7) is 0.0187. The Morgan fingerprint density at radius 3 is 2.82 bits per heavy atom. The number of carbonyl (C=O) groups is 2. The molecule has 1 amide bonds. The normalized spacial score (nSPS) is 9.94. The highest BCUT2D eigenvalue weighted by Gasteiger charge is 2.05. The number of nitrogens with zero attached hydrogens (tertiary/aromatic N) is 1. The molecule has 1 aromatic heterocycles. The Kier molecular flexibility index (Phi) is 5.58. The first-order valence-corrected chi connectivity index (χ1v) is 5.58. The summed E-state index contributed by atoms with van der Waals surface area (Å²) in [6.07, 6.45) is 1.52. The number of nitrogens with one attached hydrogen (secondary N) is 1. The molecule has 0 aromatic carbocycles. The second kappa shape index (κ2) is 6.97. The maximum Gasteiger partial charge on any atom is 0.329 e. The molecule has 17 heavy (non-hydrogen) atoms. The van der Waals surface area contributed by atoms with Crippen LogP contribution in [0.25, 0.3) is 0 Å². The fourth-order valence-corrected chi connectivity index (χ4v) is 1.23. The average molecular weight is 303 g/mol. The number of hydrogen-bond donors (Lipinski definition) is 2. The van der Waals surface area contributed by atoms with Gasteiger partial charge in [0.1, 0.15) is 12.3 Å². The minimum Gasteiger partial charge on any atom is -0.480 e. The van der Waals surface area contributed by atoms with Crippen molar-refractivity contribution in [1.29, 1.82) is 0 Å². The maximum absolute atomic E-state index is 11.5. The van der Waals surface area contributed by atoms with Crippen molar-refractivity contribution in [2.45, 2.75) is 0 Å². The fourth-order valence-electron chi connectivity index (χ4n) is 0.997. The summed E-state index contributed by atoms with van der Waals surface area (Å²) >= 11 is 3.21. The third-order valence-electron chi connectivity index (χ3n) is 1.72. The molecule has 0 bridgehead atoms. The van der Waals surface area contributed by atoms with Gasteiger partial charge in [-0.25, -0.2) is 9.78 Å². The first-order chi connectivity index (χ1) is 8.09. The predicted molar refractivity (Wildman–Crippen MR) is 62.7 cm³/mol. The number of halogens is 1. The largest absolute Gasteiger partial charge is 0.480 e. The van der Waals surface area contributed by atoms with E-state index in [1.807, 2.05) is 0 Å². The number of aliphatic carboxylic acids is 1. The molecule has 0 atom stereocenters. The van der Waals surface area contributed by atoms with Crippen LogP contribution in [0.15, 0.2) is 22.8 Å². The molecule has 0 spiro atoms. The van der Waals surface area contributed by atoms with Crippen LogP contribution < -0.4 is 5.32 Å². The Morgan fingerprint density at radius 2 is 2.24 bits per heavy atom. The molecule has 1 rings (SSSR count). The smallest absolute Gasteiger partial charge is 0.329 e. The summed E-state index contributed by atoms with van der Waals surface area (Å²) in [5.74, 6) is -1.36. The molecule has 1 aromatic rings. The Hall–Kier alpha value is -1.47. The number of amides is 1. The fraction of sp³-hybridized carbons (Fsp3) is 0.300. The molecule has 0 aliphatic carbocycles. The van der Waals surface area contributed by atoms with Crippen LogP contribution in [0.1, 0.15) is 10.5 Å². The number of carbonyl (C=O) groups excluding carboxylic acids is 1. The minimum atomic E-state index is -1.04. The molecule has 7 heteroatoms. The summed E-state index contributed by atoms with van der Waals surface area (Å²) < 4.78 is 5.55. The summed E-state index contributed by atoms with van der Waals surface area (Å²) in [5.41, 5.74) is 0.298. The van der Waals surface area contributed by atoms with Gasteiger partial charge < -0.3 is 15.2 Å². The zero-order valence-electron chi connectivity index (χ0n) is 8.85. The van der Waals surface area contributed by atoms with Crippen LogP contribution in [0.2, 0.25) is 0 Å². The van der Waals surface area contributed by atoms with E-state index in [1.165, 1.54) is 6.20 Å². The molecule has 1 heterocycles. The Balaban J connectivity index is 2.25. The molecule has 0 fully saturated rings. The number of carboxylic acid groups (broad SMARTS) is 1. The van der Waals surface area contributed by atoms with Gasteiger partial charge in [-0.1, -0.05) is 0 Å². The van der Waals surface area contributed by atoms with E-state index >= 15 is 0 Å². The summed E-state index contributed by atoms with van der Waals surface area (Å²) in [4.78, 5) is 25.5. The average Bonchev–Trinajstić information content (AvgIpc) is 2.29. The van der Waals surface area contributed by atoms with Crippen LogP contribution in [0, 0.1) is 0 Å². The lowest BCUT2D eigenvalue weighted by atomic mass is 10.3. The van der Waals surface area contributed by atoms with Crippen molar-refractivity contribution in [3.05, 3.63) is 28.5 Å². The van der Waals surface area contributed by atoms with Crippen LogP contribution >= 0.6 is 15.9 Å². The van der Waals surface area contributed by atoms with Gasteiger partial charge in [0.05, 0.1) is 6.61 Å². The van der Waals surface area contributed by atoms with Gasteiger partial charge in [0.2, 0.25) is 0 Å². The Bertz CT molecular complexity index is 394. The number of carboxylic acids is 1. The van der Waals surface area contributed by atoms with Crippen LogP contribution in [0.3, 0.4) is 0 Å². The number of ether oxygens (including phenoxy) is 1. The van der Waals surface area contributed by atoms with Crippen LogP contribution in [0.4, 0.5) is 0 Å². The summed E-state index contributed by atoms with van der Waals surface area (Å²) in [7, 11) is 0. The molecule has 0 saturated carbocycles. The highest BCUT2D eigenvalue weighted by molar-refractivity contribution is 9.10. The monoisotopic (exact) mass is 302 g/mol. The zero-order valence-corrected chi connectivity index (χ0v) is 10.4. The molecule has 0 aliphatic rings. The molecule has 6 nitrogen and oxygen atoms in total. The maximum atomic E-state index is 11.5. The van der Waals surface area contributed by atoms with E-state index in [-0.39, 0.29) is 25.7 Å². The van der Waals surface area contributed by atoms with Gasteiger partial charge in [-0.3, -0.25) is 4.79 Å². The van der Waals surface area contributed by atoms with Crippen LogP contribution in [-0.2, 0) is 9.53 Å². The lowest BCUT2D eigenvalue weighted by molar-refractivity contribution is -0.142. The van der Waals surface area contributed by atoms with Gasteiger partial charge >= 0.3 is 5.97 Å². The van der Waals surface area contributed by atoms with E-state index in [4.69, 9.17) is 9.84 Å². The minimum absolute atomic E-state index is 0.147. The molecule has 92 valence electrons. The third-order valence-corrected chi connectivity index (χ3v) is 2.19. The van der Waals surface area contributed by atoms with Crippen molar-refractivity contribution >= 4 is 27.8 Å². The van der Waals surface area contributed by atoms with Gasteiger partial charge in [-0.15, -0.1) is 0 Å². The summed E-state index contributed by atoms with van der Waals surface area (Å²) in [5, 5.41) is 10.9. The van der Waals surface area contributed by atoms with Gasteiger partial charge in [0, 0.05) is 17.2 Å². The summed E-state index contributed by atoms with van der Waals surface area (Å²) in [6, 6.07) is 3.29. The topological polar surface area (TPSA) is 88.5 Å².